The maximum Gasteiger partial charge on any atom is 0.323 e. The zero-order valence-electron chi connectivity index (χ0n) is 12.8. The lowest BCUT2D eigenvalue weighted by Crippen LogP contribution is -2.42. The fourth-order valence-corrected chi connectivity index (χ4v) is 2.02. The van der Waals surface area contributed by atoms with Crippen molar-refractivity contribution in [2.24, 2.45) is 5.92 Å². The van der Waals surface area contributed by atoms with Crippen molar-refractivity contribution in [1.29, 1.82) is 0 Å². The molecule has 0 amide bonds. The van der Waals surface area contributed by atoms with Crippen molar-refractivity contribution in [3.05, 3.63) is 29.8 Å². The van der Waals surface area contributed by atoms with Crippen LogP contribution >= 0.6 is 0 Å². The van der Waals surface area contributed by atoms with E-state index >= 15 is 0 Å². The number of hydrogen-bond donors (Lipinski definition) is 1. The molecule has 2 atom stereocenters. The Kier molecular flexibility index (Phi) is 7.09. The Balaban J connectivity index is 2.67. The van der Waals surface area contributed by atoms with Crippen LogP contribution in [0.1, 0.15) is 32.8 Å². The van der Waals surface area contributed by atoms with Crippen LogP contribution in [-0.2, 0) is 16.1 Å². The number of nitrogens with one attached hydrogen (secondary N) is 1. The Bertz CT molecular complexity index is 420. The van der Waals surface area contributed by atoms with E-state index in [1.54, 1.807) is 0 Å². The summed E-state index contributed by atoms with van der Waals surface area (Å²) in [7, 11) is 1.43. The quantitative estimate of drug-likeness (QED) is 0.743. The molecule has 0 heterocycles. The van der Waals surface area contributed by atoms with Crippen LogP contribution in [-0.4, -0.2) is 25.7 Å². The first-order valence-electron chi connectivity index (χ1n) is 7.15. The van der Waals surface area contributed by atoms with Crippen LogP contribution in [0.2, 0.25) is 0 Å². The summed E-state index contributed by atoms with van der Waals surface area (Å²) < 4.78 is 10.3. The summed E-state index contributed by atoms with van der Waals surface area (Å²) in [5.74, 6) is 0.878. The van der Waals surface area contributed by atoms with Gasteiger partial charge < -0.3 is 14.8 Å². The number of esters is 1. The van der Waals surface area contributed by atoms with Gasteiger partial charge in [-0.05, 0) is 30.5 Å². The number of carbonyl (C=O) groups is 1. The van der Waals surface area contributed by atoms with Gasteiger partial charge in [0.15, 0.2) is 0 Å². The molecule has 112 valence electrons. The fraction of sp³-hybridized carbons (Fsp3) is 0.562. The number of methoxy groups -OCH3 is 1. The lowest BCUT2D eigenvalue weighted by Gasteiger charge is -2.22. The zero-order chi connectivity index (χ0) is 15.0. The predicted octanol–water partition coefficient (Wildman–Crippen LogP) is 2.76. The molecule has 20 heavy (non-hydrogen) atoms. The highest BCUT2D eigenvalue weighted by Crippen LogP contribution is 2.15. The summed E-state index contributed by atoms with van der Waals surface area (Å²) in [6.45, 7) is 7.34. The number of carbonyl (C=O) groups excluding carboxylic acids is 1. The minimum absolute atomic E-state index is 0.208. The van der Waals surface area contributed by atoms with Gasteiger partial charge in [0.2, 0.25) is 0 Å². The van der Waals surface area contributed by atoms with Crippen LogP contribution in [0.4, 0.5) is 0 Å². The lowest BCUT2D eigenvalue weighted by molar-refractivity contribution is -0.144. The normalized spacial score (nSPS) is 13.6. The second-order valence-electron chi connectivity index (χ2n) is 4.85. The number of benzene rings is 1. The highest BCUT2D eigenvalue weighted by Gasteiger charge is 2.24. The molecule has 0 saturated heterocycles. The van der Waals surface area contributed by atoms with Gasteiger partial charge in [-0.15, -0.1) is 0 Å². The van der Waals surface area contributed by atoms with Crippen molar-refractivity contribution in [1.82, 2.24) is 5.32 Å². The summed E-state index contributed by atoms with van der Waals surface area (Å²) in [5, 5.41) is 3.28. The van der Waals surface area contributed by atoms with Crippen molar-refractivity contribution < 1.29 is 14.3 Å². The first-order valence-corrected chi connectivity index (χ1v) is 7.15. The van der Waals surface area contributed by atoms with Gasteiger partial charge in [-0.25, -0.2) is 0 Å². The van der Waals surface area contributed by atoms with Crippen molar-refractivity contribution in [2.45, 2.75) is 39.8 Å². The third-order valence-electron chi connectivity index (χ3n) is 3.40. The highest BCUT2D eigenvalue weighted by molar-refractivity contribution is 5.75. The molecular formula is C16H25NO3. The third kappa shape index (κ3) is 4.85. The van der Waals surface area contributed by atoms with E-state index in [0.29, 0.717) is 13.2 Å². The van der Waals surface area contributed by atoms with Gasteiger partial charge in [0.25, 0.3) is 0 Å². The van der Waals surface area contributed by atoms with Gasteiger partial charge in [0, 0.05) is 6.54 Å². The van der Waals surface area contributed by atoms with Crippen molar-refractivity contribution >= 4 is 5.97 Å². The number of hydrogen-bond acceptors (Lipinski definition) is 4. The Labute approximate surface area is 121 Å². The maximum absolute atomic E-state index is 11.8. The van der Waals surface area contributed by atoms with Crippen LogP contribution in [0.15, 0.2) is 24.3 Å². The van der Waals surface area contributed by atoms with E-state index in [0.717, 1.165) is 17.7 Å². The largest absolute Gasteiger partial charge is 0.494 e. The van der Waals surface area contributed by atoms with Gasteiger partial charge in [0.1, 0.15) is 11.8 Å². The summed E-state index contributed by atoms with van der Waals surface area (Å²) in [6.07, 6.45) is 0.922. The fourth-order valence-electron chi connectivity index (χ4n) is 2.02. The van der Waals surface area contributed by atoms with Crippen molar-refractivity contribution in [3.63, 3.8) is 0 Å². The molecule has 0 saturated carbocycles. The van der Waals surface area contributed by atoms with Gasteiger partial charge in [0.05, 0.1) is 13.7 Å². The molecule has 0 aliphatic carbocycles. The number of ether oxygens (including phenoxy) is 2. The topological polar surface area (TPSA) is 47.6 Å². The first-order chi connectivity index (χ1) is 9.62. The van der Waals surface area contributed by atoms with Crippen LogP contribution in [0, 0.1) is 5.92 Å². The van der Waals surface area contributed by atoms with E-state index in [1.807, 2.05) is 38.1 Å². The monoisotopic (exact) mass is 279 g/mol. The Hall–Kier alpha value is -1.55. The minimum atomic E-state index is -0.277. The van der Waals surface area contributed by atoms with Crippen LogP contribution in [0.25, 0.3) is 0 Å². The Morgan fingerprint density at radius 3 is 2.70 bits per heavy atom. The molecule has 4 nitrogen and oxygen atoms in total. The van der Waals surface area contributed by atoms with Gasteiger partial charge in [-0.1, -0.05) is 32.4 Å². The summed E-state index contributed by atoms with van der Waals surface area (Å²) in [6, 6.07) is 7.61. The van der Waals surface area contributed by atoms with Crippen LogP contribution in [0.3, 0.4) is 0 Å². The molecule has 0 aromatic heterocycles. The van der Waals surface area contributed by atoms with Gasteiger partial charge in [-0.3, -0.25) is 4.79 Å². The van der Waals surface area contributed by atoms with Gasteiger partial charge in [-0.2, -0.15) is 0 Å². The molecule has 0 fully saturated rings. The average Bonchev–Trinajstić information content (AvgIpc) is 2.47. The average molecular weight is 279 g/mol. The molecule has 0 bridgehead atoms. The van der Waals surface area contributed by atoms with E-state index in [-0.39, 0.29) is 17.9 Å². The first kappa shape index (κ1) is 16.5. The van der Waals surface area contributed by atoms with Gasteiger partial charge >= 0.3 is 5.97 Å². The second-order valence-corrected chi connectivity index (χ2v) is 4.85. The van der Waals surface area contributed by atoms with Crippen LogP contribution < -0.4 is 10.1 Å². The summed E-state index contributed by atoms with van der Waals surface area (Å²) >= 11 is 0. The summed E-state index contributed by atoms with van der Waals surface area (Å²) in [4.78, 5) is 11.8. The second kappa shape index (κ2) is 8.59. The molecule has 0 spiro atoms. The minimum Gasteiger partial charge on any atom is -0.494 e. The van der Waals surface area contributed by atoms with E-state index in [1.165, 1.54) is 7.11 Å². The van der Waals surface area contributed by atoms with E-state index < -0.39 is 0 Å². The molecule has 1 N–H and O–H groups in total. The molecule has 1 aromatic carbocycles. The highest BCUT2D eigenvalue weighted by atomic mass is 16.5. The molecular weight excluding hydrogens is 254 g/mol. The lowest BCUT2D eigenvalue weighted by atomic mass is 9.99. The summed E-state index contributed by atoms with van der Waals surface area (Å²) in [5.41, 5.74) is 1.09. The van der Waals surface area contributed by atoms with E-state index in [2.05, 4.69) is 12.2 Å². The zero-order valence-corrected chi connectivity index (χ0v) is 12.8. The van der Waals surface area contributed by atoms with Crippen LogP contribution in [0.5, 0.6) is 5.75 Å². The maximum atomic E-state index is 11.8. The van der Waals surface area contributed by atoms with Crippen molar-refractivity contribution in [2.75, 3.05) is 13.7 Å². The molecule has 1 rings (SSSR count). The molecule has 2 unspecified atom stereocenters. The number of rotatable bonds is 8. The van der Waals surface area contributed by atoms with E-state index in [4.69, 9.17) is 9.47 Å². The van der Waals surface area contributed by atoms with E-state index in [9.17, 15) is 4.79 Å². The molecule has 1 aromatic rings. The Morgan fingerprint density at radius 2 is 2.10 bits per heavy atom. The predicted molar refractivity (Wildman–Crippen MR) is 79.7 cm³/mol. The molecule has 0 aliphatic heterocycles. The smallest absolute Gasteiger partial charge is 0.323 e. The Morgan fingerprint density at radius 1 is 1.35 bits per heavy atom. The standard InChI is InChI=1S/C16H25NO3/c1-5-12(3)15(16(18)19-4)17-11-13-8-7-9-14(10-13)20-6-2/h7-10,12,15,17H,5-6,11H2,1-4H3. The SMILES string of the molecule is CCOc1cccc(CNC(C(=O)OC)C(C)CC)c1. The van der Waals surface area contributed by atoms with Crippen molar-refractivity contribution in [3.8, 4) is 5.75 Å². The molecule has 0 radical (unpaired) electrons. The third-order valence-corrected chi connectivity index (χ3v) is 3.40. The molecule has 0 aliphatic rings. The molecule has 4 heteroatoms.